The molecule has 0 aliphatic rings. The molecule has 0 saturated carbocycles. The summed E-state index contributed by atoms with van der Waals surface area (Å²) in [5, 5.41) is 6.74. The number of hydrazone groups is 1. The number of rotatable bonds is 8. The fourth-order valence-corrected chi connectivity index (χ4v) is 3.05. The largest absolute Gasteiger partial charge is 0.495 e. The molecule has 0 fully saturated rings. The quantitative estimate of drug-likeness (QED) is 0.459. The molecule has 2 aromatic carbocycles. The first-order valence-electron chi connectivity index (χ1n) is 8.94. The first-order chi connectivity index (χ1) is 13.8. The number of hydrogen-bond acceptors (Lipinski definition) is 5. The third-order valence-electron chi connectivity index (χ3n) is 3.86. The molecular formula is C21H24BrN3O4. The molecular weight excluding hydrogens is 438 g/mol. The van der Waals surface area contributed by atoms with E-state index in [1.807, 2.05) is 38.1 Å². The minimum Gasteiger partial charge on any atom is -0.495 e. The van der Waals surface area contributed by atoms with Gasteiger partial charge in [-0.15, -0.1) is 0 Å². The average molecular weight is 462 g/mol. The molecule has 7 nitrogen and oxygen atoms in total. The third-order valence-corrected chi connectivity index (χ3v) is 4.48. The van der Waals surface area contributed by atoms with Crippen molar-refractivity contribution in [2.24, 2.45) is 5.10 Å². The van der Waals surface area contributed by atoms with E-state index < -0.39 is 5.91 Å². The van der Waals surface area contributed by atoms with E-state index in [2.05, 4.69) is 31.8 Å². The van der Waals surface area contributed by atoms with Crippen LogP contribution in [0.2, 0.25) is 0 Å². The molecule has 0 bridgehead atoms. The lowest BCUT2D eigenvalue weighted by molar-refractivity contribution is -0.123. The highest BCUT2D eigenvalue weighted by Gasteiger charge is 2.10. The van der Waals surface area contributed by atoms with Crippen LogP contribution < -0.4 is 20.2 Å². The standard InChI is InChI=1S/C21H24BrN3O4/c1-13-5-7-18(16(22)9-13)29-12-21(27)25-24-15(3)11-20(26)23-17-10-14(2)6-8-19(17)28-4/h5-10H,11-12H2,1-4H3,(H,23,26)(H,25,27)/b24-15-. The Morgan fingerprint density at radius 3 is 2.34 bits per heavy atom. The molecule has 0 aliphatic heterocycles. The van der Waals surface area contributed by atoms with E-state index in [0.29, 0.717) is 22.9 Å². The summed E-state index contributed by atoms with van der Waals surface area (Å²) < 4.78 is 11.5. The van der Waals surface area contributed by atoms with Gasteiger partial charge in [0.05, 0.1) is 23.7 Å². The highest BCUT2D eigenvalue weighted by atomic mass is 79.9. The van der Waals surface area contributed by atoms with Gasteiger partial charge < -0.3 is 14.8 Å². The molecule has 0 spiro atoms. The van der Waals surface area contributed by atoms with Crippen molar-refractivity contribution >= 4 is 39.1 Å². The van der Waals surface area contributed by atoms with Crippen molar-refractivity contribution in [1.82, 2.24) is 5.43 Å². The van der Waals surface area contributed by atoms with Gasteiger partial charge in [0.2, 0.25) is 5.91 Å². The van der Waals surface area contributed by atoms with Gasteiger partial charge in [-0.2, -0.15) is 5.10 Å². The zero-order chi connectivity index (χ0) is 21.4. The first kappa shape index (κ1) is 22.4. The van der Waals surface area contributed by atoms with Gasteiger partial charge in [0.1, 0.15) is 11.5 Å². The lowest BCUT2D eigenvalue weighted by Crippen LogP contribution is -2.26. The van der Waals surface area contributed by atoms with E-state index in [1.54, 1.807) is 26.2 Å². The number of ether oxygens (including phenoxy) is 2. The van der Waals surface area contributed by atoms with Crippen LogP contribution in [0.15, 0.2) is 46.0 Å². The Kier molecular flexibility index (Phi) is 8.21. The fraction of sp³-hybridized carbons (Fsp3) is 0.286. The maximum atomic E-state index is 12.2. The SMILES string of the molecule is COc1ccc(C)cc1NC(=O)C/C(C)=N\NC(=O)COc1ccc(C)cc1Br. The fourth-order valence-electron chi connectivity index (χ4n) is 2.44. The van der Waals surface area contributed by atoms with Crippen LogP contribution in [-0.4, -0.2) is 31.2 Å². The number of nitrogens with one attached hydrogen (secondary N) is 2. The third kappa shape index (κ3) is 7.23. The molecule has 0 saturated heterocycles. The Morgan fingerprint density at radius 2 is 1.69 bits per heavy atom. The van der Waals surface area contributed by atoms with Gasteiger partial charge in [-0.3, -0.25) is 9.59 Å². The number of carbonyl (C=O) groups is 2. The number of halogens is 1. The van der Waals surface area contributed by atoms with Crippen LogP contribution in [0.3, 0.4) is 0 Å². The van der Waals surface area contributed by atoms with Crippen molar-refractivity contribution < 1.29 is 19.1 Å². The second-order valence-corrected chi connectivity index (χ2v) is 7.39. The van der Waals surface area contributed by atoms with Crippen molar-refractivity contribution in [1.29, 1.82) is 0 Å². The number of amides is 2. The monoisotopic (exact) mass is 461 g/mol. The molecule has 0 aliphatic carbocycles. The zero-order valence-corrected chi connectivity index (χ0v) is 18.4. The summed E-state index contributed by atoms with van der Waals surface area (Å²) in [6.07, 6.45) is 0.0295. The molecule has 2 amide bonds. The van der Waals surface area contributed by atoms with Gasteiger partial charge in [0.15, 0.2) is 6.61 Å². The maximum absolute atomic E-state index is 12.2. The molecule has 29 heavy (non-hydrogen) atoms. The molecule has 2 N–H and O–H groups in total. The van der Waals surface area contributed by atoms with Crippen LogP contribution in [0.25, 0.3) is 0 Å². The van der Waals surface area contributed by atoms with Crippen molar-refractivity contribution in [3.05, 3.63) is 52.0 Å². The van der Waals surface area contributed by atoms with Gasteiger partial charge in [-0.05, 0) is 72.1 Å². The molecule has 0 unspecified atom stereocenters. The number of methoxy groups -OCH3 is 1. The Bertz CT molecular complexity index is 928. The normalized spacial score (nSPS) is 11.0. The topological polar surface area (TPSA) is 89.0 Å². The highest BCUT2D eigenvalue weighted by Crippen LogP contribution is 2.26. The van der Waals surface area contributed by atoms with E-state index in [0.717, 1.165) is 15.6 Å². The number of hydrogen-bond donors (Lipinski definition) is 2. The maximum Gasteiger partial charge on any atom is 0.277 e. The second kappa shape index (κ2) is 10.6. The van der Waals surface area contributed by atoms with Crippen LogP contribution in [0.5, 0.6) is 11.5 Å². The van der Waals surface area contributed by atoms with E-state index in [9.17, 15) is 9.59 Å². The average Bonchev–Trinajstić information content (AvgIpc) is 2.65. The predicted octanol–water partition coefficient (Wildman–Crippen LogP) is 3.97. The number of nitrogens with zero attached hydrogens (tertiary/aromatic N) is 1. The van der Waals surface area contributed by atoms with Gasteiger partial charge >= 0.3 is 0 Å². The van der Waals surface area contributed by atoms with Gasteiger partial charge in [-0.25, -0.2) is 5.43 Å². The molecule has 154 valence electrons. The van der Waals surface area contributed by atoms with Gasteiger partial charge in [-0.1, -0.05) is 12.1 Å². The Labute approximate surface area is 178 Å². The number of carbonyl (C=O) groups excluding carboxylic acids is 2. The van der Waals surface area contributed by atoms with Crippen molar-refractivity contribution in [3.8, 4) is 11.5 Å². The Balaban J connectivity index is 1.83. The lowest BCUT2D eigenvalue weighted by Gasteiger charge is -2.11. The highest BCUT2D eigenvalue weighted by molar-refractivity contribution is 9.10. The number of anilines is 1. The van der Waals surface area contributed by atoms with Crippen LogP contribution >= 0.6 is 15.9 Å². The summed E-state index contributed by atoms with van der Waals surface area (Å²) in [5.41, 5.74) is 5.51. The van der Waals surface area contributed by atoms with E-state index in [4.69, 9.17) is 9.47 Å². The van der Waals surface area contributed by atoms with Crippen LogP contribution in [0.1, 0.15) is 24.5 Å². The summed E-state index contributed by atoms with van der Waals surface area (Å²) in [4.78, 5) is 24.2. The predicted molar refractivity (Wildman–Crippen MR) is 117 cm³/mol. The number of benzene rings is 2. The molecule has 0 atom stereocenters. The van der Waals surface area contributed by atoms with Crippen LogP contribution in [-0.2, 0) is 9.59 Å². The molecule has 0 aromatic heterocycles. The number of aryl methyl sites for hydroxylation is 2. The van der Waals surface area contributed by atoms with E-state index in [-0.39, 0.29) is 18.9 Å². The van der Waals surface area contributed by atoms with Gasteiger partial charge in [0, 0.05) is 5.71 Å². The van der Waals surface area contributed by atoms with Crippen molar-refractivity contribution in [2.45, 2.75) is 27.2 Å². The Hall–Kier alpha value is -2.87. The van der Waals surface area contributed by atoms with E-state index >= 15 is 0 Å². The second-order valence-electron chi connectivity index (χ2n) is 6.53. The molecule has 2 aromatic rings. The Morgan fingerprint density at radius 1 is 1.03 bits per heavy atom. The van der Waals surface area contributed by atoms with Crippen LogP contribution in [0.4, 0.5) is 5.69 Å². The summed E-state index contributed by atoms with van der Waals surface area (Å²) >= 11 is 3.39. The van der Waals surface area contributed by atoms with Crippen molar-refractivity contribution in [2.75, 3.05) is 19.0 Å². The summed E-state index contributed by atoms with van der Waals surface area (Å²) in [6, 6.07) is 11.1. The molecule has 2 rings (SSSR count). The van der Waals surface area contributed by atoms with Gasteiger partial charge in [0.25, 0.3) is 5.91 Å². The first-order valence-corrected chi connectivity index (χ1v) is 9.73. The van der Waals surface area contributed by atoms with Crippen molar-refractivity contribution in [3.63, 3.8) is 0 Å². The molecule has 8 heteroatoms. The summed E-state index contributed by atoms with van der Waals surface area (Å²) in [6.45, 7) is 5.36. The smallest absolute Gasteiger partial charge is 0.277 e. The van der Waals surface area contributed by atoms with E-state index in [1.165, 1.54) is 0 Å². The molecule has 0 heterocycles. The van der Waals surface area contributed by atoms with Crippen LogP contribution in [0, 0.1) is 13.8 Å². The molecule has 0 radical (unpaired) electrons. The minimum atomic E-state index is -0.419. The lowest BCUT2D eigenvalue weighted by atomic mass is 10.2. The summed E-state index contributed by atoms with van der Waals surface area (Å²) in [5.74, 6) is 0.464. The minimum absolute atomic E-state index is 0.0295. The summed E-state index contributed by atoms with van der Waals surface area (Å²) in [7, 11) is 1.54. The zero-order valence-electron chi connectivity index (χ0n) is 16.8.